The SMILES string of the molecule is Cc1c(Cl)cccc1S(=O)(=O)N1CC(c2nc(-c3cnccn3)no2)C1. The average Bonchev–Trinajstić information content (AvgIpc) is 3.06. The first kappa shape index (κ1) is 17.1. The Hall–Kier alpha value is -2.36. The summed E-state index contributed by atoms with van der Waals surface area (Å²) in [7, 11) is -3.60. The topological polar surface area (TPSA) is 102 Å². The summed E-state index contributed by atoms with van der Waals surface area (Å²) < 4.78 is 32.2. The molecular formula is C16H14ClN5O3S. The van der Waals surface area contributed by atoms with E-state index in [4.69, 9.17) is 16.1 Å². The van der Waals surface area contributed by atoms with Gasteiger partial charge in [0.1, 0.15) is 5.69 Å². The predicted octanol–water partition coefficient (Wildman–Crippen LogP) is 2.28. The van der Waals surface area contributed by atoms with Crippen LogP contribution in [0.15, 0.2) is 46.2 Å². The summed E-state index contributed by atoms with van der Waals surface area (Å²) in [6.07, 6.45) is 4.63. The third kappa shape index (κ3) is 2.87. The van der Waals surface area contributed by atoms with Crippen LogP contribution in [0.1, 0.15) is 17.4 Å². The van der Waals surface area contributed by atoms with Gasteiger partial charge in [-0.05, 0) is 24.6 Å². The quantitative estimate of drug-likeness (QED) is 0.672. The van der Waals surface area contributed by atoms with Crippen molar-refractivity contribution < 1.29 is 12.9 Å². The van der Waals surface area contributed by atoms with Crippen LogP contribution in [-0.2, 0) is 10.0 Å². The van der Waals surface area contributed by atoms with Gasteiger partial charge in [-0.3, -0.25) is 4.98 Å². The Morgan fingerprint density at radius 1 is 1.27 bits per heavy atom. The minimum Gasteiger partial charge on any atom is -0.339 e. The predicted molar refractivity (Wildman–Crippen MR) is 93.0 cm³/mol. The fourth-order valence-corrected chi connectivity index (χ4v) is 4.72. The lowest BCUT2D eigenvalue weighted by Gasteiger charge is -2.36. The number of halogens is 1. The van der Waals surface area contributed by atoms with Crippen molar-refractivity contribution in [3.63, 3.8) is 0 Å². The molecule has 0 aliphatic carbocycles. The van der Waals surface area contributed by atoms with E-state index in [9.17, 15) is 8.42 Å². The minimum absolute atomic E-state index is 0.151. The molecule has 1 aromatic carbocycles. The highest BCUT2D eigenvalue weighted by atomic mass is 35.5. The zero-order valence-electron chi connectivity index (χ0n) is 13.7. The highest BCUT2D eigenvalue weighted by Crippen LogP contribution is 2.34. The van der Waals surface area contributed by atoms with Gasteiger partial charge in [0.2, 0.25) is 21.7 Å². The van der Waals surface area contributed by atoms with Crippen molar-refractivity contribution in [1.29, 1.82) is 0 Å². The highest BCUT2D eigenvalue weighted by molar-refractivity contribution is 7.89. The molecule has 1 aliphatic rings. The molecule has 0 N–H and O–H groups in total. The molecule has 3 heterocycles. The van der Waals surface area contributed by atoms with Crippen molar-refractivity contribution in [2.45, 2.75) is 17.7 Å². The van der Waals surface area contributed by atoms with Crippen LogP contribution in [-0.4, -0.2) is 45.9 Å². The fraction of sp³-hybridized carbons (Fsp3) is 0.250. The summed E-state index contributed by atoms with van der Waals surface area (Å²) in [6.45, 7) is 2.24. The number of rotatable bonds is 4. The van der Waals surface area contributed by atoms with Gasteiger partial charge in [-0.1, -0.05) is 22.8 Å². The Bertz CT molecular complexity index is 1050. The van der Waals surface area contributed by atoms with Gasteiger partial charge >= 0.3 is 0 Å². The summed E-state index contributed by atoms with van der Waals surface area (Å²) >= 11 is 6.04. The summed E-state index contributed by atoms with van der Waals surface area (Å²) in [5.74, 6) is 0.571. The molecule has 4 rings (SSSR count). The van der Waals surface area contributed by atoms with E-state index < -0.39 is 10.0 Å². The molecule has 0 saturated carbocycles. The lowest BCUT2D eigenvalue weighted by atomic mass is 10.0. The van der Waals surface area contributed by atoms with Gasteiger partial charge in [-0.15, -0.1) is 0 Å². The van der Waals surface area contributed by atoms with Gasteiger partial charge in [0, 0.05) is 30.5 Å². The van der Waals surface area contributed by atoms with Crippen LogP contribution in [0.2, 0.25) is 5.02 Å². The van der Waals surface area contributed by atoms with Crippen molar-refractivity contribution >= 4 is 21.6 Å². The Morgan fingerprint density at radius 3 is 2.81 bits per heavy atom. The third-order valence-electron chi connectivity index (χ3n) is 4.27. The molecule has 10 heteroatoms. The number of benzene rings is 1. The summed E-state index contributed by atoms with van der Waals surface area (Å²) in [4.78, 5) is 12.6. The van der Waals surface area contributed by atoms with E-state index in [0.29, 0.717) is 28.0 Å². The second-order valence-electron chi connectivity index (χ2n) is 5.93. The largest absolute Gasteiger partial charge is 0.339 e. The smallest absolute Gasteiger partial charge is 0.243 e. The Kier molecular flexibility index (Phi) is 4.22. The summed E-state index contributed by atoms with van der Waals surface area (Å²) in [6, 6.07) is 4.86. The maximum absolute atomic E-state index is 12.8. The van der Waals surface area contributed by atoms with Crippen molar-refractivity contribution in [3.05, 3.63) is 53.3 Å². The van der Waals surface area contributed by atoms with E-state index in [1.54, 1.807) is 31.3 Å². The van der Waals surface area contributed by atoms with Crippen LogP contribution in [0.4, 0.5) is 0 Å². The van der Waals surface area contributed by atoms with Crippen LogP contribution in [0, 0.1) is 6.92 Å². The normalized spacial score (nSPS) is 15.8. The Morgan fingerprint density at radius 2 is 2.08 bits per heavy atom. The molecule has 26 heavy (non-hydrogen) atoms. The van der Waals surface area contributed by atoms with Crippen molar-refractivity contribution in [3.8, 4) is 11.5 Å². The van der Waals surface area contributed by atoms with Crippen molar-refractivity contribution in [1.82, 2.24) is 24.4 Å². The molecule has 8 nitrogen and oxygen atoms in total. The maximum atomic E-state index is 12.8. The van der Waals surface area contributed by atoms with E-state index in [1.807, 2.05) is 0 Å². The molecule has 134 valence electrons. The standard InChI is InChI=1S/C16H14ClN5O3S/c1-10-12(17)3-2-4-14(10)26(23,24)22-8-11(9-22)16-20-15(21-25-16)13-7-18-5-6-19-13/h2-7,11H,8-9H2,1H3. The van der Waals surface area contributed by atoms with Gasteiger partial charge in [0.15, 0.2) is 0 Å². The second-order valence-corrected chi connectivity index (χ2v) is 8.24. The summed E-state index contributed by atoms with van der Waals surface area (Å²) in [5.41, 5.74) is 1.04. The highest BCUT2D eigenvalue weighted by Gasteiger charge is 2.41. The Labute approximate surface area is 154 Å². The number of sulfonamides is 1. The van der Waals surface area contributed by atoms with Crippen molar-refractivity contribution in [2.75, 3.05) is 13.1 Å². The van der Waals surface area contributed by atoms with Crippen molar-refractivity contribution in [2.24, 2.45) is 0 Å². The molecule has 0 radical (unpaired) electrons. The first-order valence-electron chi connectivity index (χ1n) is 7.82. The van der Waals surface area contributed by atoms with Crippen LogP contribution < -0.4 is 0 Å². The van der Waals surface area contributed by atoms with Gasteiger partial charge in [-0.25, -0.2) is 13.4 Å². The van der Waals surface area contributed by atoms with E-state index in [1.165, 1.54) is 16.7 Å². The molecule has 2 aromatic heterocycles. The number of hydrogen-bond acceptors (Lipinski definition) is 7. The zero-order chi connectivity index (χ0) is 18.3. The molecule has 0 amide bonds. The van der Waals surface area contributed by atoms with E-state index in [2.05, 4.69) is 20.1 Å². The van der Waals surface area contributed by atoms with Crippen LogP contribution in [0.5, 0.6) is 0 Å². The molecule has 1 fully saturated rings. The number of nitrogens with zero attached hydrogens (tertiary/aromatic N) is 5. The van der Waals surface area contributed by atoms with Crippen LogP contribution >= 0.6 is 11.6 Å². The van der Waals surface area contributed by atoms with Gasteiger partial charge in [0.25, 0.3) is 0 Å². The average molecular weight is 392 g/mol. The molecule has 0 spiro atoms. The van der Waals surface area contributed by atoms with Crippen LogP contribution in [0.3, 0.4) is 0 Å². The minimum atomic E-state index is -3.60. The summed E-state index contributed by atoms with van der Waals surface area (Å²) in [5, 5.41) is 4.31. The first-order valence-corrected chi connectivity index (χ1v) is 9.64. The molecule has 0 atom stereocenters. The molecule has 1 aliphatic heterocycles. The van der Waals surface area contributed by atoms with Crippen LogP contribution in [0.25, 0.3) is 11.5 Å². The van der Waals surface area contributed by atoms with Gasteiger partial charge in [0.05, 0.1) is 17.0 Å². The van der Waals surface area contributed by atoms with E-state index in [-0.39, 0.29) is 23.9 Å². The van der Waals surface area contributed by atoms with E-state index >= 15 is 0 Å². The molecule has 0 bridgehead atoms. The maximum Gasteiger partial charge on any atom is 0.243 e. The lowest BCUT2D eigenvalue weighted by molar-refractivity contribution is 0.216. The Balaban J connectivity index is 1.50. The van der Waals surface area contributed by atoms with Gasteiger partial charge < -0.3 is 4.52 Å². The molecule has 0 unspecified atom stereocenters. The van der Waals surface area contributed by atoms with E-state index in [0.717, 1.165) is 0 Å². The first-order chi connectivity index (χ1) is 12.5. The third-order valence-corrected chi connectivity index (χ3v) is 6.65. The van der Waals surface area contributed by atoms with Gasteiger partial charge in [-0.2, -0.15) is 9.29 Å². The molecule has 1 saturated heterocycles. The number of hydrogen-bond donors (Lipinski definition) is 0. The molecular weight excluding hydrogens is 378 g/mol. The lowest BCUT2D eigenvalue weighted by Crippen LogP contribution is -2.48. The fourth-order valence-electron chi connectivity index (χ4n) is 2.72. The number of aromatic nitrogens is 4. The monoisotopic (exact) mass is 391 g/mol. The zero-order valence-corrected chi connectivity index (χ0v) is 15.3. The molecule has 3 aromatic rings. The second kappa shape index (κ2) is 6.42.